The van der Waals surface area contributed by atoms with Crippen molar-refractivity contribution in [3.8, 4) is 0 Å². The molecule has 0 spiro atoms. The second kappa shape index (κ2) is 8.35. The molecular formula is C13H24N2O3S. The largest absolute Gasteiger partial charge is 0.447 e. The van der Waals surface area contributed by atoms with Crippen LogP contribution in [0, 0.1) is 0 Å². The lowest BCUT2D eigenvalue weighted by Crippen LogP contribution is -2.24. The Balaban J connectivity index is 2.49. The van der Waals surface area contributed by atoms with Crippen molar-refractivity contribution in [1.29, 1.82) is 0 Å². The Morgan fingerprint density at radius 1 is 1.11 bits per heavy atom. The first-order chi connectivity index (χ1) is 9.10. The highest BCUT2D eigenvalue weighted by molar-refractivity contribution is 7.89. The van der Waals surface area contributed by atoms with Gasteiger partial charge in [0.1, 0.15) is 5.76 Å². The highest BCUT2D eigenvalue weighted by atomic mass is 32.2. The molecule has 5 nitrogen and oxygen atoms in total. The second-order valence-corrected chi connectivity index (χ2v) is 6.20. The molecule has 1 aromatic heterocycles. The zero-order valence-electron chi connectivity index (χ0n) is 11.7. The van der Waals surface area contributed by atoms with E-state index in [9.17, 15) is 8.42 Å². The Labute approximate surface area is 115 Å². The Morgan fingerprint density at radius 2 is 1.89 bits per heavy atom. The van der Waals surface area contributed by atoms with Gasteiger partial charge in [-0.15, -0.1) is 0 Å². The van der Waals surface area contributed by atoms with Crippen molar-refractivity contribution in [3.05, 3.63) is 17.9 Å². The van der Waals surface area contributed by atoms with Crippen LogP contribution in [0.4, 0.5) is 0 Å². The van der Waals surface area contributed by atoms with Gasteiger partial charge in [-0.2, -0.15) is 0 Å². The van der Waals surface area contributed by atoms with Crippen LogP contribution in [-0.4, -0.2) is 21.5 Å². The fraction of sp³-hybridized carbons (Fsp3) is 0.692. The summed E-state index contributed by atoms with van der Waals surface area (Å²) in [4.78, 5) is 0. The molecule has 0 aliphatic rings. The SMILES string of the molecule is CCCCCNS(=O)(=O)c1ccc(CNCCC)o1. The van der Waals surface area contributed by atoms with Crippen LogP contribution in [-0.2, 0) is 16.6 Å². The predicted octanol–water partition coefficient (Wildman–Crippen LogP) is 2.25. The molecule has 0 amide bonds. The maximum Gasteiger partial charge on any atom is 0.273 e. The molecule has 110 valence electrons. The van der Waals surface area contributed by atoms with Gasteiger partial charge in [0.25, 0.3) is 10.0 Å². The zero-order chi connectivity index (χ0) is 14.1. The van der Waals surface area contributed by atoms with E-state index in [0.29, 0.717) is 18.8 Å². The van der Waals surface area contributed by atoms with Gasteiger partial charge in [0.15, 0.2) is 0 Å². The van der Waals surface area contributed by atoms with Crippen molar-refractivity contribution in [3.63, 3.8) is 0 Å². The average molecular weight is 288 g/mol. The zero-order valence-corrected chi connectivity index (χ0v) is 12.6. The summed E-state index contributed by atoms with van der Waals surface area (Å²) < 4.78 is 31.7. The molecule has 1 rings (SSSR count). The van der Waals surface area contributed by atoms with Crippen LogP contribution >= 0.6 is 0 Å². The van der Waals surface area contributed by atoms with E-state index in [-0.39, 0.29) is 5.09 Å². The van der Waals surface area contributed by atoms with Crippen LogP contribution in [0.2, 0.25) is 0 Å². The van der Waals surface area contributed by atoms with E-state index < -0.39 is 10.0 Å². The van der Waals surface area contributed by atoms with Gasteiger partial charge in [0, 0.05) is 6.54 Å². The molecule has 0 aliphatic heterocycles. The minimum absolute atomic E-state index is 0.00250. The highest BCUT2D eigenvalue weighted by Crippen LogP contribution is 2.13. The maximum absolute atomic E-state index is 11.9. The van der Waals surface area contributed by atoms with E-state index >= 15 is 0 Å². The monoisotopic (exact) mass is 288 g/mol. The molecule has 0 fully saturated rings. The van der Waals surface area contributed by atoms with E-state index in [1.165, 1.54) is 6.07 Å². The molecule has 0 unspecified atom stereocenters. The summed E-state index contributed by atoms with van der Waals surface area (Å²) in [7, 11) is -3.49. The number of nitrogens with one attached hydrogen (secondary N) is 2. The quantitative estimate of drug-likeness (QED) is 0.648. The molecule has 0 bridgehead atoms. The minimum atomic E-state index is -3.49. The predicted molar refractivity (Wildman–Crippen MR) is 75.4 cm³/mol. The van der Waals surface area contributed by atoms with Gasteiger partial charge < -0.3 is 9.73 Å². The van der Waals surface area contributed by atoms with Crippen molar-refractivity contribution >= 4 is 10.0 Å². The number of hydrogen-bond acceptors (Lipinski definition) is 4. The first kappa shape index (κ1) is 16.2. The van der Waals surface area contributed by atoms with E-state index in [1.54, 1.807) is 6.07 Å². The Hall–Kier alpha value is -0.850. The summed E-state index contributed by atoms with van der Waals surface area (Å²) in [5.74, 6) is 0.641. The minimum Gasteiger partial charge on any atom is -0.447 e. The average Bonchev–Trinajstić information content (AvgIpc) is 2.85. The molecule has 6 heteroatoms. The fourth-order valence-corrected chi connectivity index (χ4v) is 2.66. The van der Waals surface area contributed by atoms with Crippen LogP contribution in [0.15, 0.2) is 21.6 Å². The second-order valence-electron chi connectivity index (χ2n) is 4.50. The van der Waals surface area contributed by atoms with Gasteiger partial charge in [-0.25, -0.2) is 13.1 Å². The van der Waals surface area contributed by atoms with Crippen LogP contribution < -0.4 is 10.0 Å². The van der Waals surface area contributed by atoms with Gasteiger partial charge in [-0.1, -0.05) is 26.7 Å². The molecule has 0 saturated carbocycles. The molecule has 0 saturated heterocycles. The lowest BCUT2D eigenvalue weighted by atomic mass is 10.3. The third kappa shape index (κ3) is 5.76. The Bertz CT molecular complexity index is 454. The summed E-state index contributed by atoms with van der Waals surface area (Å²) in [5.41, 5.74) is 0. The van der Waals surface area contributed by atoms with Gasteiger partial charge in [0.2, 0.25) is 5.09 Å². The van der Waals surface area contributed by atoms with E-state index in [4.69, 9.17) is 4.42 Å². The third-order valence-electron chi connectivity index (χ3n) is 2.70. The van der Waals surface area contributed by atoms with Gasteiger partial charge >= 0.3 is 0 Å². The van der Waals surface area contributed by atoms with Crippen LogP contribution in [0.25, 0.3) is 0 Å². The molecule has 0 aromatic carbocycles. The van der Waals surface area contributed by atoms with Crippen LogP contribution in [0.3, 0.4) is 0 Å². The number of unbranched alkanes of at least 4 members (excludes halogenated alkanes) is 2. The molecule has 0 atom stereocenters. The van der Waals surface area contributed by atoms with Gasteiger partial charge in [-0.3, -0.25) is 0 Å². The first-order valence-electron chi connectivity index (χ1n) is 6.89. The summed E-state index contributed by atoms with van der Waals surface area (Å²) in [6.07, 6.45) is 3.97. The summed E-state index contributed by atoms with van der Waals surface area (Å²) >= 11 is 0. The fourth-order valence-electron chi connectivity index (χ4n) is 1.64. The van der Waals surface area contributed by atoms with E-state index in [2.05, 4.69) is 23.9 Å². The molecule has 0 aliphatic carbocycles. The summed E-state index contributed by atoms with van der Waals surface area (Å²) in [5, 5.41) is 3.16. The topological polar surface area (TPSA) is 71.3 Å². The molecule has 2 N–H and O–H groups in total. The number of hydrogen-bond donors (Lipinski definition) is 2. The van der Waals surface area contributed by atoms with Crippen molar-refractivity contribution in [2.45, 2.75) is 51.2 Å². The standard InChI is InChI=1S/C13H24N2O3S/c1-3-5-6-10-15-19(16,17)13-8-7-12(18-13)11-14-9-4-2/h7-8,14-15H,3-6,9-11H2,1-2H3. The van der Waals surface area contributed by atoms with Crippen molar-refractivity contribution in [2.24, 2.45) is 0 Å². The Morgan fingerprint density at radius 3 is 2.58 bits per heavy atom. The van der Waals surface area contributed by atoms with Crippen molar-refractivity contribution < 1.29 is 12.8 Å². The van der Waals surface area contributed by atoms with E-state index in [1.807, 2.05) is 0 Å². The summed E-state index contributed by atoms with van der Waals surface area (Å²) in [6.45, 7) is 6.05. The first-order valence-corrected chi connectivity index (χ1v) is 8.37. The van der Waals surface area contributed by atoms with Crippen molar-refractivity contribution in [1.82, 2.24) is 10.0 Å². The normalized spacial score (nSPS) is 11.9. The maximum atomic E-state index is 11.9. The molecule has 19 heavy (non-hydrogen) atoms. The molecular weight excluding hydrogens is 264 g/mol. The molecule has 0 radical (unpaired) electrons. The van der Waals surface area contributed by atoms with Gasteiger partial charge in [0.05, 0.1) is 6.54 Å². The Kier molecular flexibility index (Phi) is 7.12. The van der Waals surface area contributed by atoms with Crippen molar-refractivity contribution in [2.75, 3.05) is 13.1 Å². The van der Waals surface area contributed by atoms with Crippen LogP contribution in [0.1, 0.15) is 45.3 Å². The lowest BCUT2D eigenvalue weighted by Gasteiger charge is -2.03. The summed E-state index contributed by atoms with van der Waals surface area (Å²) in [6, 6.07) is 3.20. The number of sulfonamides is 1. The van der Waals surface area contributed by atoms with Crippen LogP contribution in [0.5, 0.6) is 0 Å². The van der Waals surface area contributed by atoms with E-state index in [0.717, 1.165) is 32.2 Å². The number of rotatable bonds is 10. The molecule has 1 heterocycles. The third-order valence-corrected chi connectivity index (χ3v) is 4.03. The smallest absolute Gasteiger partial charge is 0.273 e. The van der Waals surface area contributed by atoms with Gasteiger partial charge in [-0.05, 0) is 31.5 Å². The number of furan rings is 1. The highest BCUT2D eigenvalue weighted by Gasteiger charge is 2.17. The molecule has 1 aromatic rings. The lowest BCUT2D eigenvalue weighted by molar-refractivity contribution is 0.400.